The third-order valence-corrected chi connectivity index (χ3v) is 5.19. The quantitative estimate of drug-likeness (QED) is 0.280. The Morgan fingerprint density at radius 2 is 1.74 bits per heavy atom. The van der Waals surface area contributed by atoms with Gasteiger partial charge in [-0.15, -0.1) is 6.58 Å². The first-order valence-corrected chi connectivity index (χ1v) is 14.4. The highest BCUT2D eigenvalue weighted by Crippen LogP contribution is 2.30. The SMILES string of the molecule is C=CCC(O)CN1CCN(c2ccc(OCCO)cc2Cl)CC1.CC.Clc1ccccc1.FSP. The van der Waals surface area contributed by atoms with E-state index in [0.717, 1.165) is 36.9 Å². The Hall–Kier alpha value is -1.05. The van der Waals surface area contributed by atoms with E-state index in [1.54, 1.807) is 12.1 Å². The van der Waals surface area contributed by atoms with Crippen molar-refractivity contribution in [2.24, 2.45) is 0 Å². The Morgan fingerprint density at radius 1 is 1.14 bits per heavy atom. The van der Waals surface area contributed by atoms with Crippen LogP contribution in [0.15, 0.2) is 61.2 Å². The molecule has 198 valence electrons. The lowest BCUT2D eigenvalue weighted by Crippen LogP contribution is -2.48. The number of nitrogens with zero attached hydrogens (tertiary/aromatic N) is 2. The molecule has 0 aliphatic carbocycles. The van der Waals surface area contributed by atoms with Crippen molar-refractivity contribution >= 4 is 49.1 Å². The smallest absolute Gasteiger partial charge is 0.121 e. The molecule has 35 heavy (non-hydrogen) atoms. The number of aliphatic hydroxyl groups is 2. The van der Waals surface area contributed by atoms with E-state index in [0.29, 0.717) is 23.7 Å². The topological polar surface area (TPSA) is 56.2 Å². The summed E-state index contributed by atoms with van der Waals surface area (Å²) in [4.78, 5) is 4.51. The number of rotatable bonds is 8. The van der Waals surface area contributed by atoms with E-state index < -0.39 is 0 Å². The van der Waals surface area contributed by atoms with Gasteiger partial charge >= 0.3 is 0 Å². The van der Waals surface area contributed by atoms with Gasteiger partial charge in [-0.1, -0.05) is 61.3 Å². The molecule has 2 N–H and O–H groups in total. The Labute approximate surface area is 226 Å². The average molecular weight is 568 g/mol. The van der Waals surface area contributed by atoms with Crippen molar-refractivity contribution in [2.45, 2.75) is 26.4 Å². The van der Waals surface area contributed by atoms with Gasteiger partial charge in [-0.05, 0) is 39.1 Å². The van der Waals surface area contributed by atoms with Crippen LogP contribution in [-0.2, 0) is 0 Å². The zero-order valence-electron chi connectivity index (χ0n) is 20.5. The number of anilines is 1. The van der Waals surface area contributed by atoms with Crippen molar-refractivity contribution in [3.8, 4) is 5.75 Å². The van der Waals surface area contributed by atoms with Crippen LogP contribution in [0.4, 0.5) is 9.57 Å². The number of hydrogen-bond donors (Lipinski definition) is 2. The van der Waals surface area contributed by atoms with Gasteiger partial charge in [0.05, 0.1) is 35.2 Å². The van der Waals surface area contributed by atoms with Gasteiger partial charge in [0.2, 0.25) is 0 Å². The van der Waals surface area contributed by atoms with Crippen LogP contribution in [0.25, 0.3) is 0 Å². The molecule has 1 heterocycles. The zero-order chi connectivity index (χ0) is 26.5. The maximum Gasteiger partial charge on any atom is 0.121 e. The highest BCUT2D eigenvalue weighted by Gasteiger charge is 2.20. The summed E-state index contributed by atoms with van der Waals surface area (Å²) in [7, 11) is 1.83. The van der Waals surface area contributed by atoms with Gasteiger partial charge in [-0.3, -0.25) is 4.90 Å². The minimum Gasteiger partial charge on any atom is -0.491 e. The molecule has 3 rings (SSSR count). The molecule has 1 aliphatic rings. The van der Waals surface area contributed by atoms with Crippen LogP contribution in [0.5, 0.6) is 5.75 Å². The number of piperazine rings is 1. The zero-order valence-corrected chi connectivity index (χ0v) is 23.9. The van der Waals surface area contributed by atoms with E-state index in [4.69, 9.17) is 33.0 Å². The Balaban J connectivity index is 0.000000797. The van der Waals surface area contributed by atoms with Crippen molar-refractivity contribution in [1.82, 2.24) is 4.90 Å². The minimum absolute atomic E-state index is 0.0148. The van der Waals surface area contributed by atoms with Crippen molar-refractivity contribution in [2.75, 3.05) is 50.8 Å². The molecule has 2 aromatic rings. The first kappa shape index (κ1) is 34.0. The first-order chi connectivity index (χ1) is 16.9. The second-order valence-electron chi connectivity index (χ2n) is 7.04. The molecule has 10 heteroatoms. The average Bonchev–Trinajstić information content (AvgIpc) is 2.86. The normalized spacial score (nSPS) is 13.7. The van der Waals surface area contributed by atoms with Gasteiger partial charge in [0.25, 0.3) is 0 Å². The van der Waals surface area contributed by atoms with E-state index in [-0.39, 0.29) is 31.1 Å². The summed E-state index contributed by atoms with van der Waals surface area (Å²) < 4.78 is 15.5. The van der Waals surface area contributed by atoms with E-state index in [1.807, 2.05) is 64.8 Å². The van der Waals surface area contributed by atoms with Crippen molar-refractivity contribution in [1.29, 1.82) is 0 Å². The number of ether oxygens (including phenoxy) is 1. The lowest BCUT2D eigenvalue weighted by atomic mass is 10.2. The number of aliphatic hydroxyl groups excluding tert-OH is 2. The molecule has 1 aliphatic heterocycles. The fourth-order valence-corrected chi connectivity index (χ4v) is 3.58. The lowest BCUT2D eigenvalue weighted by molar-refractivity contribution is 0.111. The molecule has 0 spiro atoms. The van der Waals surface area contributed by atoms with Crippen LogP contribution < -0.4 is 9.64 Å². The van der Waals surface area contributed by atoms with Crippen LogP contribution >= 0.6 is 43.4 Å². The second kappa shape index (κ2) is 22.2. The molecule has 2 aromatic carbocycles. The van der Waals surface area contributed by atoms with E-state index in [1.165, 1.54) is 0 Å². The number of halogens is 3. The van der Waals surface area contributed by atoms with Crippen LogP contribution in [0.1, 0.15) is 20.3 Å². The Bertz CT molecular complexity index is 789. The third kappa shape index (κ3) is 15.6. The predicted octanol–water partition coefficient (Wildman–Crippen LogP) is 6.53. The van der Waals surface area contributed by atoms with Crippen molar-refractivity contribution in [3.63, 3.8) is 0 Å². The van der Waals surface area contributed by atoms with Gasteiger partial charge in [-0.2, -0.15) is 3.89 Å². The molecule has 1 saturated heterocycles. The van der Waals surface area contributed by atoms with Gasteiger partial charge < -0.3 is 19.8 Å². The molecule has 0 amide bonds. The Morgan fingerprint density at radius 3 is 2.20 bits per heavy atom. The van der Waals surface area contributed by atoms with Gasteiger partial charge in [0, 0.05) is 43.8 Å². The first-order valence-electron chi connectivity index (χ1n) is 11.4. The largest absolute Gasteiger partial charge is 0.491 e. The summed E-state index contributed by atoms with van der Waals surface area (Å²) in [5.41, 5.74) is 0.995. The predicted molar refractivity (Wildman–Crippen MR) is 155 cm³/mol. The fourth-order valence-electron chi connectivity index (χ4n) is 3.15. The maximum absolute atomic E-state index is 10.2. The van der Waals surface area contributed by atoms with Crippen LogP contribution in [0.3, 0.4) is 0 Å². The highest BCUT2D eigenvalue weighted by atomic mass is 35.5. The summed E-state index contributed by atoms with van der Waals surface area (Å²) in [6, 6.07) is 15.1. The molecule has 0 aromatic heterocycles. The molecule has 1 fully saturated rings. The molecule has 0 radical (unpaired) electrons. The van der Waals surface area contributed by atoms with Crippen molar-refractivity contribution < 1.29 is 18.8 Å². The minimum atomic E-state index is -0.342. The Kier molecular flexibility index (Phi) is 21.5. The van der Waals surface area contributed by atoms with E-state index in [2.05, 4.69) is 16.4 Å². The monoisotopic (exact) mass is 566 g/mol. The standard InChI is InChI=1S/C17H25ClN2O3.C6H5Cl.C2H6.FH2PS/c1-2-3-14(22)13-19-6-8-20(9-7-19)17-5-4-15(12-16(17)18)23-11-10-21;7-6-4-2-1-3-5-6;1-2;1-3-2/h2,4-5,12,14,21-22H,1,3,6-11,13H2;1-5H;1-2H3;2H2. The number of β-amino-alcohol motifs (C(OH)–C–C–N with tert-alkyl or cyclic N) is 1. The molecule has 0 bridgehead atoms. The number of hydrogen-bond acceptors (Lipinski definition) is 6. The second-order valence-corrected chi connectivity index (χ2v) is 8.59. The highest BCUT2D eigenvalue weighted by molar-refractivity contribution is 8.40. The molecule has 5 nitrogen and oxygen atoms in total. The molecule has 0 saturated carbocycles. The molecular weight excluding hydrogens is 529 g/mol. The summed E-state index contributed by atoms with van der Waals surface area (Å²) >= 11 is 12.1. The third-order valence-electron chi connectivity index (χ3n) is 4.63. The van der Waals surface area contributed by atoms with E-state index >= 15 is 0 Å². The fraction of sp³-hybridized carbons (Fsp3) is 0.440. The molecular formula is C25H38Cl2FN2O3PS. The van der Waals surface area contributed by atoms with E-state index in [9.17, 15) is 8.99 Å². The number of benzene rings is 2. The maximum atomic E-state index is 10.2. The summed E-state index contributed by atoms with van der Waals surface area (Å²) in [5, 5.41) is 20.1. The molecule has 2 atom stereocenters. The van der Waals surface area contributed by atoms with Gasteiger partial charge in [-0.25, -0.2) is 0 Å². The summed E-state index contributed by atoms with van der Waals surface area (Å²) in [6.45, 7) is 12.1. The van der Waals surface area contributed by atoms with Crippen molar-refractivity contribution in [3.05, 3.63) is 71.2 Å². The summed E-state index contributed by atoms with van der Waals surface area (Å²) in [5.74, 6) is 0.666. The van der Waals surface area contributed by atoms with Gasteiger partial charge in [0.15, 0.2) is 0 Å². The van der Waals surface area contributed by atoms with Crippen LogP contribution in [-0.4, -0.2) is 67.2 Å². The molecule has 2 unspecified atom stereocenters. The summed E-state index contributed by atoms with van der Waals surface area (Å²) in [6.07, 6.45) is 2.04. The lowest BCUT2D eigenvalue weighted by Gasteiger charge is -2.37. The van der Waals surface area contributed by atoms with Gasteiger partial charge in [0.1, 0.15) is 12.4 Å². The van der Waals surface area contributed by atoms with Crippen LogP contribution in [0.2, 0.25) is 10.0 Å². The van der Waals surface area contributed by atoms with Crippen LogP contribution in [0, 0.1) is 0 Å².